The van der Waals surface area contributed by atoms with E-state index in [9.17, 15) is 23.1 Å². The molecular weight excluding hydrogens is 545 g/mol. The van der Waals surface area contributed by atoms with Crippen molar-refractivity contribution in [2.24, 2.45) is 0 Å². The van der Waals surface area contributed by atoms with E-state index in [0.717, 1.165) is 31.7 Å². The summed E-state index contributed by atoms with van der Waals surface area (Å²) in [4.78, 5) is 16.0. The molecule has 0 saturated carbocycles. The Morgan fingerprint density at radius 3 is 2.69 bits per heavy atom. The van der Waals surface area contributed by atoms with E-state index in [1.807, 2.05) is 34.2 Å². The van der Waals surface area contributed by atoms with Crippen LogP contribution in [0.3, 0.4) is 0 Å². The number of thiophene rings is 1. The molecule has 0 spiro atoms. The van der Waals surface area contributed by atoms with Gasteiger partial charge in [-0.25, -0.2) is 0 Å². The number of benzene rings is 1. The maximum atomic E-state index is 13.8. The number of carbonyl (C=O) groups excluding carboxylic acids is 1. The number of ether oxygens (including phenoxy) is 1. The Kier molecular flexibility index (Phi) is 6.04. The first kappa shape index (κ1) is 24.4. The fraction of sp³-hybridized carbons (Fsp3) is 0.400. The number of alkyl halides is 3. The normalized spacial score (nSPS) is 20.5. The van der Waals surface area contributed by atoms with Gasteiger partial charge < -0.3 is 19.3 Å². The largest absolute Gasteiger partial charge is 0.496 e. The summed E-state index contributed by atoms with van der Waals surface area (Å²) in [5.74, 6) is 0.222. The molecule has 1 amide bonds. The first-order valence-electron chi connectivity index (χ1n) is 11.3. The summed E-state index contributed by atoms with van der Waals surface area (Å²) >= 11 is 5.10. The number of fused-ring (bicyclic) bond motifs is 3. The van der Waals surface area contributed by atoms with E-state index in [1.54, 1.807) is 13.2 Å². The molecule has 0 radical (unpaired) electrons. The Morgan fingerprint density at radius 2 is 2.03 bits per heavy atom. The Balaban J connectivity index is 1.65. The Bertz CT molecular complexity index is 1290. The number of aromatic nitrogens is 1. The minimum atomic E-state index is -4.82. The maximum absolute atomic E-state index is 13.8. The van der Waals surface area contributed by atoms with E-state index in [4.69, 9.17) is 4.74 Å². The second-order valence-electron chi connectivity index (χ2n) is 9.18. The SMILES string of the molecule is COc1cc2c(cc1Br)-c1c(-c3cccs3)cc(C(=O)N3CCC[C@]3(C)[C@H](O)C(F)(F)F)n1CC2. The molecule has 1 N–H and O–H groups in total. The topological polar surface area (TPSA) is 54.7 Å². The van der Waals surface area contributed by atoms with Gasteiger partial charge in [-0.15, -0.1) is 11.3 Å². The number of carbonyl (C=O) groups is 1. The van der Waals surface area contributed by atoms with Crippen molar-refractivity contribution in [2.45, 2.75) is 50.6 Å². The zero-order valence-corrected chi connectivity index (χ0v) is 21.6. The molecule has 3 aromatic rings. The number of rotatable bonds is 4. The number of halogens is 4. The quantitative estimate of drug-likeness (QED) is 0.412. The molecule has 1 fully saturated rings. The van der Waals surface area contributed by atoms with Gasteiger partial charge in [-0.2, -0.15) is 13.2 Å². The van der Waals surface area contributed by atoms with Gasteiger partial charge in [0.15, 0.2) is 6.10 Å². The van der Waals surface area contributed by atoms with Crippen molar-refractivity contribution in [1.29, 1.82) is 0 Å². The summed E-state index contributed by atoms with van der Waals surface area (Å²) in [6.07, 6.45) is -6.30. The zero-order chi connectivity index (χ0) is 25.1. The molecule has 10 heteroatoms. The van der Waals surface area contributed by atoms with Crippen LogP contribution in [0, 0.1) is 0 Å². The van der Waals surface area contributed by atoms with Crippen molar-refractivity contribution in [1.82, 2.24) is 9.47 Å². The third-order valence-corrected chi connectivity index (χ3v) is 8.69. The molecule has 2 aromatic heterocycles. The van der Waals surface area contributed by atoms with E-state index in [1.165, 1.54) is 23.2 Å². The summed E-state index contributed by atoms with van der Waals surface area (Å²) in [5, 5.41) is 12.1. The molecular formula is C25H24BrF3N2O3S. The molecule has 5 rings (SSSR count). The lowest BCUT2D eigenvalue weighted by molar-refractivity contribution is -0.232. The lowest BCUT2D eigenvalue weighted by atomic mass is 9.90. The number of nitrogens with zero attached hydrogens (tertiary/aromatic N) is 2. The van der Waals surface area contributed by atoms with Crippen LogP contribution in [0.25, 0.3) is 21.7 Å². The molecule has 0 unspecified atom stereocenters. The Labute approximate surface area is 213 Å². The van der Waals surface area contributed by atoms with Crippen molar-refractivity contribution in [3.8, 4) is 27.4 Å². The highest BCUT2D eigenvalue weighted by molar-refractivity contribution is 9.10. The number of aryl methyl sites for hydroxylation is 1. The van der Waals surface area contributed by atoms with E-state index >= 15 is 0 Å². The van der Waals surface area contributed by atoms with Crippen molar-refractivity contribution in [3.63, 3.8) is 0 Å². The van der Waals surface area contributed by atoms with Crippen LogP contribution in [0.5, 0.6) is 5.75 Å². The predicted octanol–water partition coefficient (Wildman–Crippen LogP) is 6.13. The van der Waals surface area contributed by atoms with Crippen LogP contribution in [-0.2, 0) is 13.0 Å². The highest BCUT2D eigenvalue weighted by Crippen LogP contribution is 2.46. The highest BCUT2D eigenvalue weighted by Gasteiger charge is 2.56. The lowest BCUT2D eigenvalue weighted by Gasteiger charge is -2.40. The maximum Gasteiger partial charge on any atom is 0.416 e. The van der Waals surface area contributed by atoms with Gasteiger partial charge in [0.25, 0.3) is 5.91 Å². The first-order valence-corrected chi connectivity index (χ1v) is 12.9. The van der Waals surface area contributed by atoms with Crippen LogP contribution in [0.2, 0.25) is 0 Å². The second-order valence-corrected chi connectivity index (χ2v) is 11.0. The molecule has 0 aliphatic carbocycles. The van der Waals surface area contributed by atoms with Gasteiger partial charge in [-0.1, -0.05) is 6.07 Å². The summed E-state index contributed by atoms with van der Waals surface area (Å²) in [6.45, 7) is 2.00. The standard InChI is InChI=1S/C25H24BrF3N2O3S/c1-24(23(33)25(27,28)29)7-4-8-31(24)22(32)18-13-16(20-5-3-10-35-20)21-15-12-17(26)19(34-2)11-14(15)6-9-30(18)21/h3,5,10-13,23,33H,4,6-9H2,1-2H3/t23-,24+/m0/s1. The van der Waals surface area contributed by atoms with Gasteiger partial charge in [0, 0.05) is 29.1 Å². The van der Waals surface area contributed by atoms with Crippen LogP contribution < -0.4 is 4.74 Å². The molecule has 186 valence electrons. The van der Waals surface area contributed by atoms with Gasteiger partial charge in [-0.05, 0) is 77.3 Å². The van der Waals surface area contributed by atoms with Gasteiger partial charge >= 0.3 is 6.18 Å². The van der Waals surface area contributed by atoms with Crippen molar-refractivity contribution in [2.75, 3.05) is 13.7 Å². The summed E-state index contributed by atoms with van der Waals surface area (Å²) < 4.78 is 48.7. The first-order chi connectivity index (χ1) is 16.6. The molecule has 2 atom stereocenters. The zero-order valence-electron chi connectivity index (χ0n) is 19.2. The molecule has 2 aliphatic rings. The minimum absolute atomic E-state index is 0.0837. The molecule has 1 saturated heterocycles. The molecule has 4 heterocycles. The Hall–Kier alpha value is -2.30. The van der Waals surface area contributed by atoms with Crippen LogP contribution in [0.15, 0.2) is 40.2 Å². The number of amides is 1. The van der Waals surface area contributed by atoms with Crippen LogP contribution in [-0.4, -0.2) is 52.0 Å². The van der Waals surface area contributed by atoms with Crippen LogP contribution >= 0.6 is 27.3 Å². The number of likely N-dealkylation sites (tertiary alicyclic amines) is 1. The average Bonchev–Trinajstić information content (AvgIpc) is 3.55. The molecule has 1 aromatic carbocycles. The molecule has 5 nitrogen and oxygen atoms in total. The smallest absolute Gasteiger partial charge is 0.416 e. The van der Waals surface area contributed by atoms with Gasteiger partial charge in [0.2, 0.25) is 0 Å². The van der Waals surface area contributed by atoms with Gasteiger partial charge in [-0.3, -0.25) is 4.79 Å². The molecule has 35 heavy (non-hydrogen) atoms. The fourth-order valence-corrected chi connectivity index (χ4v) is 6.62. The number of hydrogen-bond donors (Lipinski definition) is 1. The summed E-state index contributed by atoms with van der Waals surface area (Å²) in [5.41, 5.74) is 2.36. The van der Waals surface area contributed by atoms with Crippen molar-refractivity contribution >= 4 is 33.2 Å². The molecule has 2 aliphatic heterocycles. The fourth-order valence-electron chi connectivity index (χ4n) is 5.37. The van der Waals surface area contributed by atoms with E-state index in [0.29, 0.717) is 30.8 Å². The second kappa shape index (κ2) is 8.67. The number of aliphatic hydroxyl groups excluding tert-OH is 1. The van der Waals surface area contributed by atoms with Crippen molar-refractivity contribution < 1.29 is 27.8 Å². The summed E-state index contributed by atoms with van der Waals surface area (Å²) in [7, 11) is 1.61. The third-order valence-electron chi connectivity index (χ3n) is 7.17. The van der Waals surface area contributed by atoms with E-state index in [-0.39, 0.29) is 13.0 Å². The van der Waals surface area contributed by atoms with E-state index in [2.05, 4.69) is 15.9 Å². The van der Waals surface area contributed by atoms with Crippen molar-refractivity contribution in [3.05, 3.63) is 51.4 Å². The molecule has 0 bridgehead atoms. The number of aliphatic hydroxyl groups is 1. The lowest BCUT2D eigenvalue weighted by Crippen LogP contribution is -2.58. The Morgan fingerprint density at radius 1 is 1.26 bits per heavy atom. The van der Waals surface area contributed by atoms with Gasteiger partial charge in [0.05, 0.1) is 22.8 Å². The van der Waals surface area contributed by atoms with Crippen LogP contribution in [0.4, 0.5) is 13.2 Å². The van der Waals surface area contributed by atoms with E-state index < -0.39 is 23.7 Å². The third kappa shape index (κ3) is 3.90. The number of methoxy groups -OCH3 is 1. The highest BCUT2D eigenvalue weighted by atomic mass is 79.9. The van der Waals surface area contributed by atoms with Gasteiger partial charge in [0.1, 0.15) is 11.4 Å². The summed E-state index contributed by atoms with van der Waals surface area (Å²) in [6, 6.07) is 9.63. The predicted molar refractivity (Wildman–Crippen MR) is 132 cm³/mol. The number of hydrogen-bond acceptors (Lipinski definition) is 4. The minimum Gasteiger partial charge on any atom is -0.496 e. The monoisotopic (exact) mass is 568 g/mol. The van der Waals surface area contributed by atoms with Crippen LogP contribution in [0.1, 0.15) is 35.8 Å². The average molecular weight is 569 g/mol.